The SMILES string of the molecule is N#Cc1ccnc(Oc2cccc([N+](=O)[O-])c2)n1. The number of nitro groups is 1. The predicted octanol–water partition coefficient (Wildman–Crippen LogP) is 2.05. The van der Waals surface area contributed by atoms with Gasteiger partial charge in [0.05, 0.1) is 11.0 Å². The molecule has 7 heteroatoms. The van der Waals surface area contributed by atoms with Crippen LogP contribution in [-0.2, 0) is 0 Å². The summed E-state index contributed by atoms with van der Waals surface area (Å²) in [7, 11) is 0. The molecule has 1 aromatic carbocycles. The number of nitrogens with zero attached hydrogens (tertiary/aromatic N) is 4. The smallest absolute Gasteiger partial charge is 0.323 e. The van der Waals surface area contributed by atoms with E-state index in [1.165, 1.54) is 36.5 Å². The summed E-state index contributed by atoms with van der Waals surface area (Å²) in [6.45, 7) is 0. The van der Waals surface area contributed by atoms with Crippen molar-refractivity contribution >= 4 is 5.69 Å². The van der Waals surface area contributed by atoms with Gasteiger partial charge in [-0.15, -0.1) is 0 Å². The van der Waals surface area contributed by atoms with Crippen LogP contribution in [0.3, 0.4) is 0 Å². The topological polar surface area (TPSA) is 102 Å². The van der Waals surface area contributed by atoms with Crippen molar-refractivity contribution in [3.63, 3.8) is 0 Å². The highest BCUT2D eigenvalue weighted by Gasteiger charge is 2.08. The number of hydrogen-bond donors (Lipinski definition) is 0. The molecule has 1 aromatic heterocycles. The minimum absolute atomic E-state index is 0.0328. The van der Waals surface area contributed by atoms with Gasteiger partial charge in [0.15, 0.2) is 0 Å². The van der Waals surface area contributed by atoms with Gasteiger partial charge < -0.3 is 4.74 Å². The average molecular weight is 242 g/mol. The highest BCUT2D eigenvalue weighted by Crippen LogP contribution is 2.22. The van der Waals surface area contributed by atoms with Gasteiger partial charge >= 0.3 is 6.01 Å². The fourth-order valence-corrected chi connectivity index (χ4v) is 1.22. The molecule has 0 aliphatic carbocycles. The molecule has 0 unspecified atom stereocenters. The second-order valence-corrected chi connectivity index (χ2v) is 3.19. The summed E-state index contributed by atoms with van der Waals surface area (Å²) in [5.41, 5.74) is 0.0642. The fourth-order valence-electron chi connectivity index (χ4n) is 1.22. The molecule has 2 rings (SSSR count). The molecule has 0 spiro atoms. The standard InChI is InChI=1S/C11H6N4O3/c12-7-8-4-5-13-11(14-8)18-10-3-1-2-9(6-10)15(16)17/h1-6H. The van der Waals surface area contributed by atoms with Gasteiger partial charge in [-0.05, 0) is 12.1 Å². The van der Waals surface area contributed by atoms with E-state index in [2.05, 4.69) is 9.97 Å². The van der Waals surface area contributed by atoms with E-state index in [4.69, 9.17) is 10.00 Å². The van der Waals surface area contributed by atoms with Crippen molar-refractivity contribution < 1.29 is 9.66 Å². The number of benzene rings is 1. The normalized spacial score (nSPS) is 9.50. The number of aromatic nitrogens is 2. The Hall–Kier alpha value is -3.01. The largest absolute Gasteiger partial charge is 0.424 e. The first-order valence-corrected chi connectivity index (χ1v) is 4.84. The molecule has 7 nitrogen and oxygen atoms in total. The summed E-state index contributed by atoms with van der Waals surface area (Å²) < 4.78 is 5.23. The summed E-state index contributed by atoms with van der Waals surface area (Å²) in [6, 6.07) is 8.87. The van der Waals surface area contributed by atoms with Crippen LogP contribution in [0.5, 0.6) is 11.8 Å². The molecule has 0 saturated heterocycles. The van der Waals surface area contributed by atoms with Crippen LogP contribution in [0.2, 0.25) is 0 Å². The van der Waals surface area contributed by atoms with E-state index in [9.17, 15) is 10.1 Å². The molecule has 18 heavy (non-hydrogen) atoms. The Kier molecular flexibility index (Phi) is 3.11. The second kappa shape index (κ2) is 4.88. The zero-order valence-corrected chi connectivity index (χ0v) is 8.98. The van der Waals surface area contributed by atoms with Crippen LogP contribution in [0.25, 0.3) is 0 Å². The van der Waals surface area contributed by atoms with E-state index in [0.717, 1.165) is 0 Å². The Morgan fingerprint density at radius 1 is 1.39 bits per heavy atom. The quantitative estimate of drug-likeness (QED) is 0.602. The lowest BCUT2D eigenvalue weighted by atomic mass is 10.3. The minimum atomic E-state index is -0.528. The van der Waals surface area contributed by atoms with Crippen LogP contribution >= 0.6 is 0 Å². The van der Waals surface area contributed by atoms with E-state index in [1.807, 2.05) is 6.07 Å². The first kappa shape index (κ1) is 11.5. The van der Waals surface area contributed by atoms with Crippen LogP contribution in [0.15, 0.2) is 36.5 Å². The molecular formula is C11H6N4O3. The number of hydrogen-bond acceptors (Lipinski definition) is 6. The second-order valence-electron chi connectivity index (χ2n) is 3.19. The van der Waals surface area contributed by atoms with Crippen molar-refractivity contribution in [1.82, 2.24) is 9.97 Å². The molecule has 0 aliphatic rings. The zero-order chi connectivity index (χ0) is 13.0. The number of nitro benzene ring substituents is 1. The lowest BCUT2D eigenvalue weighted by Crippen LogP contribution is -1.94. The zero-order valence-electron chi connectivity index (χ0n) is 8.98. The van der Waals surface area contributed by atoms with Crippen molar-refractivity contribution in [3.05, 3.63) is 52.3 Å². The molecule has 0 N–H and O–H groups in total. The summed E-state index contributed by atoms with van der Waals surface area (Å²) in [5.74, 6) is 0.235. The Morgan fingerprint density at radius 3 is 2.94 bits per heavy atom. The van der Waals surface area contributed by atoms with Gasteiger partial charge in [-0.2, -0.15) is 10.2 Å². The van der Waals surface area contributed by atoms with Gasteiger partial charge in [0.25, 0.3) is 5.69 Å². The van der Waals surface area contributed by atoms with Crippen molar-refractivity contribution in [2.75, 3.05) is 0 Å². The van der Waals surface area contributed by atoms with Gasteiger partial charge in [0.2, 0.25) is 0 Å². The van der Waals surface area contributed by atoms with E-state index >= 15 is 0 Å². The van der Waals surface area contributed by atoms with Crippen LogP contribution in [0.4, 0.5) is 5.69 Å². The van der Waals surface area contributed by atoms with Crippen LogP contribution in [-0.4, -0.2) is 14.9 Å². The van der Waals surface area contributed by atoms with Gasteiger partial charge in [-0.3, -0.25) is 10.1 Å². The van der Waals surface area contributed by atoms with Crippen LogP contribution in [0.1, 0.15) is 5.69 Å². The predicted molar refractivity (Wildman–Crippen MR) is 59.9 cm³/mol. The van der Waals surface area contributed by atoms with Crippen molar-refractivity contribution in [2.24, 2.45) is 0 Å². The van der Waals surface area contributed by atoms with Gasteiger partial charge in [-0.25, -0.2) is 4.98 Å². The lowest BCUT2D eigenvalue weighted by molar-refractivity contribution is -0.384. The Balaban J connectivity index is 2.26. The third-order valence-electron chi connectivity index (χ3n) is 1.99. The number of ether oxygens (including phenoxy) is 1. The van der Waals surface area contributed by atoms with E-state index in [1.54, 1.807) is 0 Å². The highest BCUT2D eigenvalue weighted by atomic mass is 16.6. The van der Waals surface area contributed by atoms with Gasteiger partial charge in [0.1, 0.15) is 17.5 Å². The van der Waals surface area contributed by atoms with Crippen LogP contribution in [0, 0.1) is 21.4 Å². The highest BCUT2D eigenvalue weighted by molar-refractivity contribution is 5.39. The number of rotatable bonds is 3. The molecule has 88 valence electrons. The maximum absolute atomic E-state index is 10.6. The molecule has 0 atom stereocenters. The maximum Gasteiger partial charge on any atom is 0.323 e. The molecular weight excluding hydrogens is 236 g/mol. The minimum Gasteiger partial charge on any atom is -0.424 e. The molecule has 0 amide bonds. The van der Waals surface area contributed by atoms with Crippen molar-refractivity contribution in [2.45, 2.75) is 0 Å². The van der Waals surface area contributed by atoms with Crippen LogP contribution < -0.4 is 4.74 Å². The summed E-state index contributed by atoms with van der Waals surface area (Å²) in [4.78, 5) is 17.7. The summed E-state index contributed by atoms with van der Waals surface area (Å²) >= 11 is 0. The van der Waals surface area contributed by atoms with Crippen molar-refractivity contribution in [3.8, 4) is 17.8 Å². The average Bonchev–Trinajstić information content (AvgIpc) is 2.39. The molecule has 0 bridgehead atoms. The van der Waals surface area contributed by atoms with Gasteiger partial charge in [0, 0.05) is 12.3 Å². The molecule has 0 fully saturated rings. The first-order chi connectivity index (χ1) is 8.69. The van der Waals surface area contributed by atoms with Crippen molar-refractivity contribution in [1.29, 1.82) is 5.26 Å². The Bertz CT molecular complexity index is 636. The summed E-state index contributed by atoms with van der Waals surface area (Å²) in [5, 5.41) is 19.2. The molecule has 0 radical (unpaired) electrons. The van der Waals surface area contributed by atoms with E-state index in [-0.39, 0.29) is 23.1 Å². The first-order valence-electron chi connectivity index (χ1n) is 4.84. The van der Waals surface area contributed by atoms with E-state index in [0.29, 0.717) is 0 Å². The fraction of sp³-hybridized carbons (Fsp3) is 0. The third kappa shape index (κ3) is 2.56. The third-order valence-corrected chi connectivity index (χ3v) is 1.99. The lowest BCUT2D eigenvalue weighted by Gasteiger charge is -2.02. The Labute approximate surface area is 101 Å². The number of nitriles is 1. The molecule has 2 aromatic rings. The Morgan fingerprint density at radius 2 is 2.22 bits per heavy atom. The monoisotopic (exact) mass is 242 g/mol. The maximum atomic E-state index is 10.6. The molecule has 1 heterocycles. The molecule has 0 aliphatic heterocycles. The molecule has 0 saturated carbocycles. The summed E-state index contributed by atoms with van der Waals surface area (Å²) in [6.07, 6.45) is 1.37. The van der Waals surface area contributed by atoms with Gasteiger partial charge in [-0.1, -0.05) is 6.07 Å². The number of non-ortho nitro benzene ring substituents is 1. The van der Waals surface area contributed by atoms with E-state index < -0.39 is 4.92 Å².